The quantitative estimate of drug-likeness (QED) is 0.135. The molecule has 6 atom stereocenters. The first-order valence-electron chi connectivity index (χ1n) is 20.7. The lowest BCUT2D eigenvalue weighted by atomic mass is 9.83. The third-order valence-corrected chi connectivity index (χ3v) is 13.4. The van der Waals surface area contributed by atoms with Gasteiger partial charge in [0, 0.05) is 44.1 Å². The van der Waals surface area contributed by atoms with Crippen molar-refractivity contribution in [3.8, 4) is 46.0 Å². The Bertz CT molecular complexity index is 2250. The number of alkyl halides is 1. The van der Waals surface area contributed by atoms with Crippen LogP contribution in [0.5, 0.6) is 46.0 Å². The second-order valence-electron chi connectivity index (χ2n) is 16.5. The number of quaternary nitrogens is 2. The highest BCUT2D eigenvalue weighted by Gasteiger charge is 2.51. The molecule has 4 aromatic carbocycles. The second-order valence-corrected chi connectivity index (χ2v) is 16.5. The van der Waals surface area contributed by atoms with Crippen molar-refractivity contribution < 1.29 is 61.6 Å². The molecule has 0 aliphatic carbocycles. The molecule has 13 heteroatoms. The van der Waals surface area contributed by atoms with Gasteiger partial charge in [0.05, 0.1) is 54.1 Å². The summed E-state index contributed by atoms with van der Waals surface area (Å²) in [5.74, 6) is 1.50. The summed E-state index contributed by atoms with van der Waals surface area (Å²) in [6.45, 7) is 3.85. The molecule has 12 nitrogen and oxygen atoms in total. The van der Waals surface area contributed by atoms with Crippen molar-refractivity contribution in [1.82, 2.24) is 0 Å². The van der Waals surface area contributed by atoms with E-state index >= 15 is 0 Å². The largest absolute Gasteiger partial charge is 0.493 e. The Balaban J connectivity index is 1.56. The van der Waals surface area contributed by atoms with Crippen LogP contribution in [0.2, 0.25) is 0 Å². The first-order valence-corrected chi connectivity index (χ1v) is 20.7. The molecule has 0 radical (unpaired) electrons. The van der Waals surface area contributed by atoms with E-state index in [0.717, 1.165) is 33.4 Å². The minimum Gasteiger partial charge on any atom is -0.493 e. The lowest BCUT2D eigenvalue weighted by Crippen LogP contribution is -2.60. The summed E-state index contributed by atoms with van der Waals surface area (Å²) in [5.41, 5.74) is 5.43. The van der Waals surface area contributed by atoms with E-state index in [2.05, 4.69) is 0 Å². The van der Waals surface area contributed by atoms with Crippen molar-refractivity contribution in [1.29, 1.82) is 0 Å². The number of ether oxygens (including phenoxy) is 6. The van der Waals surface area contributed by atoms with Gasteiger partial charge in [-0.2, -0.15) is 0 Å². The number of halogens is 1. The van der Waals surface area contributed by atoms with Crippen LogP contribution in [-0.4, -0.2) is 105 Å². The monoisotopic (exact) mass is 828 g/mol. The highest BCUT2D eigenvalue weighted by Crippen LogP contribution is 2.55. The standard InChI is InChI=1S/C47H55FN2O10/c1-8-34(46(51)52)49(3)19-16-30-25-39(56-6)41-27-33(30)36(49)22-28-10-13-32(14-11-28)59-40-24-29(12-15-38(40)55-5)23-37-43-31(17-20-50(37,4)35(9-2)47(53)54)26-42(57-7)44(45(43)60-41)58-21-18-48/h10-15,24-27,34-37H,8-9,16-23H2,1-7H3/p+2. The number of hydrogen-bond donors (Lipinski definition) is 2. The molecule has 0 saturated carbocycles. The van der Waals surface area contributed by atoms with E-state index in [-0.39, 0.29) is 33.1 Å². The van der Waals surface area contributed by atoms with Crippen molar-refractivity contribution in [2.75, 3.05) is 61.8 Å². The van der Waals surface area contributed by atoms with Gasteiger partial charge in [0.15, 0.2) is 46.6 Å². The van der Waals surface area contributed by atoms with Gasteiger partial charge in [0.25, 0.3) is 0 Å². The fourth-order valence-electron chi connectivity index (χ4n) is 10.2. The Morgan fingerprint density at radius 1 is 0.733 bits per heavy atom. The van der Waals surface area contributed by atoms with Crippen LogP contribution in [0.4, 0.5) is 4.39 Å². The van der Waals surface area contributed by atoms with Gasteiger partial charge in [-0.1, -0.05) is 32.0 Å². The van der Waals surface area contributed by atoms with Crippen LogP contribution >= 0.6 is 0 Å². The van der Waals surface area contributed by atoms with Crippen LogP contribution in [0, 0.1) is 0 Å². The van der Waals surface area contributed by atoms with Gasteiger partial charge < -0.3 is 47.6 Å². The van der Waals surface area contributed by atoms with E-state index in [1.54, 1.807) is 14.2 Å². The number of carboxylic acids is 2. The van der Waals surface area contributed by atoms with Gasteiger partial charge in [-0.15, -0.1) is 0 Å². The molecule has 4 aliphatic heterocycles. The molecule has 0 amide bonds. The van der Waals surface area contributed by atoms with Crippen LogP contribution in [0.25, 0.3) is 0 Å². The van der Waals surface area contributed by atoms with Crippen LogP contribution in [0.3, 0.4) is 0 Å². The highest BCUT2D eigenvalue weighted by molar-refractivity contribution is 5.73. The molecule has 0 spiro atoms. The maximum absolute atomic E-state index is 14.0. The lowest BCUT2D eigenvalue weighted by Gasteiger charge is -2.49. The van der Waals surface area contributed by atoms with Gasteiger partial charge >= 0.3 is 11.9 Å². The molecule has 6 unspecified atom stereocenters. The molecule has 4 heterocycles. The molecule has 2 N–H and O–H groups in total. The Morgan fingerprint density at radius 3 is 1.90 bits per heavy atom. The summed E-state index contributed by atoms with van der Waals surface area (Å²) in [5, 5.41) is 21.4. The molecular formula is C47H57FN2O10+2. The minimum atomic E-state index is -0.912. The smallest absolute Gasteiger partial charge is 0.362 e. The zero-order valence-corrected chi connectivity index (χ0v) is 35.6. The van der Waals surface area contributed by atoms with E-state index in [1.807, 2.05) is 88.6 Å². The minimum absolute atomic E-state index is 0.139. The topological polar surface area (TPSA) is 130 Å². The molecule has 320 valence electrons. The van der Waals surface area contributed by atoms with E-state index in [1.165, 1.54) is 7.11 Å². The Hall–Kier alpha value is -5.53. The molecule has 8 rings (SSSR count). The Morgan fingerprint density at radius 2 is 1.30 bits per heavy atom. The van der Waals surface area contributed by atoms with Gasteiger partial charge in [0.1, 0.15) is 31.1 Å². The van der Waals surface area contributed by atoms with E-state index in [0.29, 0.717) is 86.1 Å². The van der Waals surface area contributed by atoms with Crippen LogP contribution in [-0.2, 0) is 35.3 Å². The summed E-state index contributed by atoms with van der Waals surface area (Å²) < 4.78 is 52.1. The summed E-state index contributed by atoms with van der Waals surface area (Å²) in [4.78, 5) is 26.1. The number of carboxylic acid groups (broad SMARTS) is 2. The van der Waals surface area contributed by atoms with Crippen LogP contribution in [0.15, 0.2) is 60.7 Å². The maximum Gasteiger partial charge on any atom is 0.362 e. The number of aliphatic carboxylic acids is 2. The lowest BCUT2D eigenvalue weighted by molar-refractivity contribution is -0.956. The predicted octanol–water partition coefficient (Wildman–Crippen LogP) is 8.26. The van der Waals surface area contributed by atoms with Crippen LogP contribution in [0.1, 0.15) is 72.2 Å². The summed E-state index contributed by atoms with van der Waals surface area (Å²) in [7, 11) is 8.70. The van der Waals surface area contributed by atoms with E-state index < -0.39 is 36.7 Å². The van der Waals surface area contributed by atoms with E-state index in [4.69, 9.17) is 28.4 Å². The third kappa shape index (κ3) is 7.57. The Kier molecular flexibility index (Phi) is 12.2. The first-order chi connectivity index (χ1) is 28.8. The first kappa shape index (κ1) is 42.6. The Labute approximate surface area is 351 Å². The normalized spacial score (nSPS) is 22.7. The number of rotatable bonds is 12. The van der Waals surface area contributed by atoms with E-state index in [9.17, 15) is 24.2 Å². The van der Waals surface area contributed by atoms with Crippen molar-refractivity contribution in [3.05, 3.63) is 94.0 Å². The maximum atomic E-state index is 14.0. The molecule has 60 heavy (non-hydrogen) atoms. The summed E-state index contributed by atoms with van der Waals surface area (Å²) in [6, 6.07) is 17.1. The third-order valence-electron chi connectivity index (χ3n) is 13.4. The van der Waals surface area contributed by atoms with Gasteiger partial charge in [-0.3, -0.25) is 0 Å². The molecule has 4 aliphatic rings. The average molecular weight is 829 g/mol. The fraction of sp³-hybridized carbons (Fsp3) is 0.447. The molecular weight excluding hydrogens is 772 g/mol. The SMILES string of the molecule is CCC(C(=O)O)[N+]1(C)CCc2cc(OC)c3cc2C1Cc1ccc(cc1)Oc1cc(ccc1OC)CC1c2c(cc(OC)c(OCCF)c2O3)CC[N+]1(C)C(CC)C(=O)O. The van der Waals surface area contributed by atoms with Crippen LogP contribution < -0.4 is 28.4 Å². The number of benzene rings is 4. The zero-order valence-electron chi connectivity index (χ0n) is 35.6. The van der Waals surface area contributed by atoms with Gasteiger partial charge in [-0.05, 0) is 64.7 Å². The number of nitrogens with zero attached hydrogens (tertiary/aromatic N) is 2. The molecule has 4 aromatic rings. The number of fused-ring (bicyclic) bond motifs is 2. The fourth-order valence-corrected chi connectivity index (χ4v) is 10.2. The molecule has 0 saturated heterocycles. The van der Waals surface area contributed by atoms with Crippen molar-refractivity contribution >= 4 is 11.9 Å². The number of carbonyl (C=O) groups is 2. The van der Waals surface area contributed by atoms with Crippen molar-refractivity contribution in [2.24, 2.45) is 0 Å². The summed E-state index contributed by atoms with van der Waals surface area (Å²) in [6.07, 6.45) is 2.80. The van der Waals surface area contributed by atoms with Crippen molar-refractivity contribution in [3.63, 3.8) is 0 Å². The zero-order chi connectivity index (χ0) is 42.9. The predicted molar refractivity (Wildman–Crippen MR) is 223 cm³/mol. The second kappa shape index (κ2) is 17.2. The van der Waals surface area contributed by atoms with Gasteiger partial charge in [-0.25, -0.2) is 14.0 Å². The molecule has 0 aromatic heterocycles. The van der Waals surface area contributed by atoms with Crippen molar-refractivity contribution in [2.45, 2.75) is 76.5 Å². The number of hydrogen-bond acceptors (Lipinski definition) is 8. The highest BCUT2D eigenvalue weighted by atomic mass is 19.1. The number of likely N-dealkylation sites (N-methyl/N-ethyl adjacent to an activating group) is 2. The number of methoxy groups -OCH3 is 3. The van der Waals surface area contributed by atoms with Gasteiger partial charge in [0.2, 0.25) is 5.75 Å². The molecule has 0 fully saturated rings. The average Bonchev–Trinajstić information content (AvgIpc) is 3.23. The summed E-state index contributed by atoms with van der Waals surface area (Å²) >= 11 is 0. The molecule has 6 bridgehead atoms.